The summed E-state index contributed by atoms with van der Waals surface area (Å²) < 4.78 is 39.2. The minimum Gasteiger partial charge on any atom is -0.203 e. The molecule has 0 heterocycles. The quantitative estimate of drug-likeness (QED) is 0.496. The Morgan fingerprint density at radius 1 is 0.786 bits per heavy atom. The molecular formula is C10H4BrF3. The van der Waals surface area contributed by atoms with Crippen molar-refractivity contribution in [1.29, 1.82) is 0 Å². The highest BCUT2D eigenvalue weighted by Crippen LogP contribution is 2.31. The zero-order chi connectivity index (χ0) is 10.3. The lowest BCUT2D eigenvalue weighted by Crippen LogP contribution is -1.94. The van der Waals surface area contributed by atoms with Crippen LogP contribution in [0.4, 0.5) is 13.2 Å². The van der Waals surface area contributed by atoms with E-state index in [-0.39, 0.29) is 9.86 Å². The number of halogens is 4. The van der Waals surface area contributed by atoms with E-state index in [1.807, 2.05) is 0 Å². The molecule has 0 radical (unpaired) electrons. The van der Waals surface area contributed by atoms with Crippen molar-refractivity contribution < 1.29 is 13.2 Å². The average molecular weight is 261 g/mol. The van der Waals surface area contributed by atoms with E-state index >= 15 is 0 Å². The Morgan fingerprint density at radius 2 is 1.36 bits per heavy atom. The van der Waals surface area contributed by atoms with Crippen LogP contribution in [0.2, 0.25) is 0 Å². The molecule has 0 fully saturated rings. The van der Waals surface area contributed by atoms with E-state index in [1.54, 1.807) is 12.1 Å². The first-order chi connectivity index (χ1) is 6.63. The summed E-state index contributed by atoms with van der Waals surface area (Å²) in [5.74, 6) is -3.79. The number of fused-ring (bicyclic) bond motifs is 1. The lowest BCUT2D eigenvalue weighted by molar-refractivity contribution is 0.451. The van der Waals surface area contributed by atoms with Crippen LogP contribution in [0.1, 0.15) is 0 Å². The first-order valence-electron chi connectivity index (χ1n) is 3.83. The SMILES string of the molecule is Fc1c(F)c(Br)c2ccccc2c1F. The molecule has 0 unspecified atom stereocenters. The molecule has 2 aromatic rings. The fraction of sp³-hybridized carbons (Fsp3) is 0. The van der Waals surface area contributed by atoms with Gasteiger partial charge in [0.1, 0.15) is 0 Å². The van der Waals surface area contributed by atoms with Gasteiger partial charge in [0.15, 0.2) is 17.5 Å². The van der Waals surface area contributed by atoms with Gasteiger partial charge in [0.25, 0.3) is 0 Å². The summed E-state index contributed by atoms with van der Waals surface area (Å²) in [5, 5.41) is 0.391. The summed E-state index contributed by atoms with van der Waals surface area (Å²) in [4.78, 5) is 0. The van der Waals surface area contributed by atoms with Gasteiger partial charge in [-0.2, -0.15) is 0 Å². The molecule has 0 spiro atoms. The van der Waals surface area contributed by atoms with Crippen molar-refractivity contribution >= 4 is 26.7 Å². The normalized spacial score (nSPS) is 10.9. The monoisotopic (exact) mass is 260 g/mol. The second-order valence-corrected chi connectivity index (χ2v) is 3.59. The maximum atomic E-state index is 13.2. The van der Waals surface area contributed by atoms with Crippen molar-refractivity contribution in [3.8, 4) is 0 Å². The standard InChI is InChI=1S/C10H4BrF3/c11-7-5-3-1-2-4-6(5)8(12)10(14)9(7)13/h1-4H. The Hall–Kier alpha value is -1.03. The van der Waals surface area contributed by atoms with Crippen molar-refractivity contribution in [1.82, 2.24) is 0 Å². The molecule has 0 saturated carbocycles. The third kappa shape index (κ3) is 1.21. The summed E-state index contributed by atoms with van der Waals surface area (Å²) in [6.07, 6.45) is 0. The molecule has 0 aliphatic carbocycles. The van der Waals surface area contributed by atoms with E-state index in [0.717, 1.165) is 0 Å². The van der Waals surface area contributed by atoms with Crippen LogP contribution in [-0.4, -0.2) is 0 Å². The van der Waals surface area contributed by atoms with Crippen LogP contribution >= 0.6 is 15.9 Å². The molecule has 14 heavy (non-hydrogen) atoms. The van der Waals surface area contributed by atoms with Crippen molar-refractivity contribution in [3.05, 3.63) is 46.2 Å². The van der Waals surface area contributed by atoms with Crippen molar-refractivity contribution in [2.24, 2.45) is 0 Å². The van der Waals surface area contributed by atoms with Gasteiger partial charge in [-0.05, 0) is 15.9 Å². The molecule has 0 aromatic heterocycles. The van der Waals surface area contributed by atoms with Crippen molar-refractivity contribution in [3.63, 3.8) is 0 Å². The average Bonchev–Trinajstić information content (AvgIpc) is 2.23. The zero-order valence-corrected chi connectivity index (χ0v) is 8.41. The van der Waals surface area contributed by atoms with E-state index in [0.29, 0.717) is 5.39 Å². The minimum atomic E-state index is -1.45. The second-order valence-electron chi connectivity index (χ2n) is 2.80. The maximum Gasteiger partial charge on any atom is 0.196 e. The van der Waals surface area contributed by atoms with Crippen LogP contribution in [-0.2, 0) is 0 Å². The van der Waals surface area contributed by atoms with Gasteiger partial charge in [-0.15, -0.1) is 0 Å². The predicted molar refractivity (Wildman–Crippen MR) is 51.5 cm³/mol. The summed E-state index contributed by atoms with van der Waals surface area (Å²) in [5.41, 5.74) is 0. The number of hydrogen-bond acceptors (Lipinski definition) is 0. The summed E-state index contributed by atoms with van der Waals surface area (Å²) in [6.45, 7) is 0. The third-order valence-corrected chi connectivity index (χ3v) is 2.75. The molecule has 2 aromatic carbocycles. The largest absolute Gasteiger partial charge is 0.203 e. The molecule has 0 atom stereocenters. The fourth-order valence-corrected chi connectivity index (χ4v) is 1.81. The number of benzene rings is 2. The Balaban J connectivity index is 3.02. The van der Waals surface area contributed by atoms with Gasteiger partial charge >= 0.3 is 0 Å². The highest BCUT2D eigenvalue weighted by molar-refractivity contribution is 9.10. The fourth-order valence-electron chi connectivity index (χ4n) is 1.30. The van der Waals surface area contributed by atoms with Crippen LogP contribution in [0.5, 0.6) is 0 Å². The van der Waals surface area contributed by atoms with Crippen LogP contribution < -0.4 is 0 Å². The minimum absolute atomic E-state index is 0.0491. The molecule has 72 valence electrons. The van der Waals surface area contributed by atoms with Crippen LogP contribution in [0.25, 0.3) is 10.8 Å². The molecule has 0 N–H and O–H groups in total. The Morgan fingerprint density at radius 3 is 2.00 bits per heavy atom. The molecule has 4 heteroatoms. The maximum absolute atomic E-state index is 13.2. The van der Waals surface area contributed by atoms with E-state index in [4.69, 9.17) is 0 Å². The Labute approximate surface area is 86.5 Å². The van der Waals surface area contributed by atoms with E-state index in [2.05, 4.69) is 15.9 Å². The van der Waals surface area contributed by atoms with Gasteiger partial charge in [0.05, 0.1) is 4.47 Å². The summed E-state index contributed by atoms with van der Waals surface area (Å²) >= 11 is 2.88. The highest BCUT2D eigenvalue weighted by atomic mass is 79.9. The molecule has 0 saturated heterocycles. The molecule has 0 aliphatic heterocycles. The van der Waals surface area contributed by atoms with Crippen LogP contribution in [0.3, 0.4) is 0 Å². The summed E-state index contributed by atoms with van der Waals surface area (Å²) in [6, 6.07) is 6.11. The van der Waals surface area contributed by atoms with Crippen LogP contribution in [0, 0.1) is 17.5 Å². The first kappa shape index (κ1) is 9.52. The Bertz CT molecular complexity index is 462. The van der Waals surface area contributed by atoms with Crippen LogP contribution in [0.15, 0.2) is 28.7 Å². The van der Waals surface area contributed by atoms with Gasteiger partial charge in [0, 0.05) is 10.8 Å². The molecule has 0 nitrogen and oxygen atoms in total. The Kier molecular flexibility index (Phi) is 2.23. The summed E-state index contributed by atoms with van der Waals surface area (Å²) in [7, 11) is 0. The van der Waals surface area contributed by atoms with E-state index in [9.17, 15) is 13.2 Å². The topological polar surface area (TPSA) is 0 Å². The third-order valence-electron chi connectivity index (χ3n) is 1.98. The van der Waals surface area contributed by atoms with E-state index < -0.39 is 17.5 Å². The number of hydrogen-bond donors (Lipinski definition) is 0. The van der Waals surface area contributed by atoms with Gasteiger partial charge in [0.2, 0.25) is 0 Å². The molecule has 0 aliphatic rings. The molecular weight excluding hydrogens is 257 g/mol. The lowest BCUT2D eigenvalue weighted by Gasteiger charge is -2.04. The van der Waals surface area contributed by atoms with Gasteiger partial charge in [-0.3, -0.25) is 0 Å². The molecule has 0 bridgehead atoms. The van der Waals surface area contributed by atoms with Gasteiger partial charge in [-0.1, -0.05) is 24.3 Å². The molecule has 0 amide bonds. The highest BCUT2D eigenvalue weighted by Gasteiger charge is 2.17. The van der Waals surface area contributed by atoms with Crippen molar-refractivity contribution in [2.75, 3.05) is 0 Å². The first-order valence-corrected chi connectivity index (χ1v) is 4.63. The predicted octanol–water partition coefficient (Wildman–Crippen LogP) is 4.02. The second kappa shape index (κ2) is 3.28. The van der Waals surface area contributed by atoms with E-state index in [1.165, 1.54) is 12.1 Å². The van der Waals surface area contributed by atoms with Crippen molar-refractivity contribution in [2.45, 2.75) is 0 Å². The van der Waals surface area contributed by atoms with Gasteiger partial charge in [-0.25, -0.2) is 13.2 Å². The lowest BCUT2D eigenvalue weighted by atomic mass is 10.1. The smallest absolute Gasteiger partial charge is 0.196 e. The molecule has 2 rings (SSSR count). The number of rotatable bonds is 0. The zero-order valence-electron chi connectivity index (χ0n) is 6.82. The van der Waals surface area contributed by atoms with Gasteiger partial charge < -0.3 is 0 Å².